The van der Waals surface area contributed by atoms with Crippen LogP contribution in [-0.2, 0) is 16.1 Å². The molecular formula is C16H16N2O3. The molecule has 0 saturated heterocycles. The van der Waals surface area contributed by atoms with Gasteiger partial charge in [0.05, 0.1) is 19.2 Å². The molecule has 1 atom stereocenters. The van der Waals surface area contributed by atoms with E-state index < -0.39 is 6.04 Å². The highest BCUT2D eigenvalue weighted by atomic mass is 16.5. The summed E-state index contributed by atoms with van der Waals surface area (Å²) >= 11 is 0. The topological polar surface area (TPSA) is 56.4 Å². The Bertz CT molecular complexity index is 759. The van der Waals surface area contributed by atoms with Crippen molar-refractivity contribution in [2.75, 3.05) is 7.11 Å². The third-order valence-electron chi connectivity index (χ3n) is 3.62. The summed E-state index contributed by atoms with van der Waals surface area (Å²) < 4.78 is 8.66. The van der Waals surface area contributed by atoms with Crippen molar-refractivity contribution in [1.29, 1.82) is 0 Å². The van der Waals surface area contributed by atoms with Crippen LogP contribution in [0.15, 0.2) is 55.0 Å². The van der Waals surface area contributed by atoms with Crippen molar-refractivity contribution in [3.8, 4) is 5.75 Å². The number of fused-ring (bicyclic) bond motifs is 1. The Balaban J connectivity index is 1.98. The van der Waals surface area contributed by atoms with Gasteiger partial charge in [-0.3, -0.25) is 0 Å². The Labute approximate surface area is 122 Å². The summed E-state index contributed by atoms with van der Waals surface area (Å²) in [6.45, 7) is 0.439. The Morgan fingerprint density at radius 3 is 2.67 bits per heavy atom. The van der Waals surface area contributed by atoms with E-state index in [-0.39, 0.29) is 11.7 Å². The fourth-order valence-corrected chi connectivity index (χ4v) is 2.53. The van der Waals surface area contributed by atoms with Gasteiger partial charge in [0.2, 0.25) is 0 Å². The quantitative estimate of drug-likeness (QED) is 0.749. The van der Waals surface area contributed by atoms with Crippen LogP contribution in [0.1, 0.15) is 6.04 Å². The minimum absolute atomic E-state index is 0.238. The average molecular weight is 284 g/mol. The number of esters is 1. The van der Waals surface area contributed by atoms with Gasteiger partial charge in [-0.2, -0.15) is 0 Å². The van der Waals surface area contributed by atoms with Crippen molar-refractivity contribution >= 4 is 16.9 Å². The van der Waals surface area contributed by atoms with Gasteiger partial charge in [0.25, 0.3) is 0 Å². The molecule has 0 saturated carbocycles. The smallest absolute Gasteiger partial charge is 0.330 e. The van der Waals surface area contributed by atoms with E-state index in [1.165, 1.54) is 7.11 Å². The number of carbonyl (C=O) groups excluding carboxylic acids is 1. The molecule has 5 heteroatoms. The number of methoxy groups -OCH3 is 1. The number of phenols is 1. The van der Waals surface area contributed by atoms with Crippen LogP contribution in [0.25, 0.3) is 10.9 Å². The zero-order valence-electron chi connectivity index (χ0n) is 11.6. The van der Waals surface area contributed by atoms with Crippen molar-refractivity contribution < 1.29 is 14.6 Å². The van der Waals surface area contributed by atoms with Crippen molar-refractivity contribution in [2.45, 2.75) is 12.6 Å². The van der Waals surface area contributed by atoms with Gasteiger partial charge in [0.1, 0.15) is 11.8 Å². The second kappa shape index (κ2) is 5.36. The number of hydrogen-bond donors (Lipinski definition) is 1. The van der Waals surface area contributed by atoms with Gasteiger partial charge in [-0.15, -0.1) is 0 Å². The van der Waals surface area contributed by atoms with Crippen LogP contribution in [0.5, 0.6) is 5.75 Å². The van der Waals surface area contributed by atoms with Crippen molar-refractivity contribution in [3.63, 3.8) is 0 Å². The normalized spacial score (nSPS) is 12.4. The summed E-state index contributed by atoms with van der Waals surface area (Å²) in [6.07, 6.45) is 5.54. The molecule has 3 aromatic rings. The van der Waals surface area contributed by atoms with Crippen LogP contribution in [0.2, 0.25) is 0 Å². The minimum Gasteiger partial charge on any atom is -0.507 e. The molecule has 0 amide bonds. The van der Waals surface area contributed by atoms with E-state index >= 15 is 0 Å². The number of ether oxygens (including phenoxy) is 1. The molecule has 0 aliphatic rings. The molecule has 108 valence electrons. The maximum Gasteiger partial charge on any atom is 0.330 e. The van der Waals surface area contributed by atoms with Gasteiger partial charge >= 0.3 is 5.97 Å². The molecule has 0 aliphatic heterocycles. The molecular weight excluding hydrogens is 268 g/mol. The van der Waals surface area contributed by atoms with Crippen molar-refractivity contribution in [2.24, 2.45) is 0 Å². The largest absolute Gasteiger partial charge is 0.507 e. The van der Waals surface area contributed by atoms with Gasteiger partial charge in [-0.25, -0.2) is 4.79 Å². The van der Waals surface area contributed by atoms with Crippen LogP contribution in [0, 0.1) is 0 Å². The highest BCUT2D eigenvalue weighted by Crippen LogP contribution is 2.26. The molecule has 5 nitrogen and oxygen atoms in total. The first-order valence-corrected chi connectivity index (χ1v) is 6.68. The fraction of sp³-hybridized carbons (Fsp3) is 0.188. The lowest BCUT2D eigenvalue weighted by atomic mass is 10.2. The Kier molecular flexibility index (Phi) is 3.39. The molecule has 0 radical (unpaired) electrons. The number of nitrogens with zero attached hydrogens (tertiary/aromatic N) is 2. The van der Waals surface area contributed by atoms with E-state index in [4.69, 9.17) is 4.74 Å². The maximum atomic E-state index is 12.0. The molecule has 1 N–H and O–H groups in total. The highest BCUT2D eigenvalue weighted by molar-refractivity contribution is 5.86. The summed E-state index contributed by atoms with van der Waals surface area (Å²) in [5.74, 6) is -0.0602. The number of aromatic hydroxyl groups is 1. The third kappa shape index (κ3) is 2.38. The Morgan fingerprint density at radius 2 is 1.95 bits per heavy atom. The van der Waals surface area contributed by atoms with Gasteiger partial charge in [0.15, 0.2) is 0 Å². The van der Waals surface area contributed by atoms with E-state index in [1.807, 2.05) is 52.0 Å². The second-order valence-corrected chi connectivity index (χ2v) is 4.85. The van der Waals surface area contributed by atoms with Gasteiger partial charge in [-0.05, 0) is 30.3 Å². The molecule has 21 heavy (non-hydrogen) atoms. The summed E-state index contributed by atoms with van der Waals surface area (Å²) in [5, 5.41) is 10.6. The molecule has 1 aromatic carbocycles. The minimum atomic E-state index is -0.442. The average Bonchev–Trinajstić information content (AvgIpc) is 3.14. The number of carbonyl (C=O) groups is 1. The number of benzene rings is 1. The number of rotatable bonds is 4. The van der Waals surface area contributed by atoms with Crippen molar-refractivity contribution in [1.82, 2.24) is 9.13 Å². The fourth-order valence-electron chi connectivity index (χ4n) is 2.53. The molecule has 0 unspecified atom stereocenters. The molecule has 2 aromatic heterocycles. The Morgan fingerprint density at radius 1 is 1.19 bits per heavy atom. The predicted molar refractivity (Wildman–Crippen MR) is 79.1 cm³/mol. The maximum absolute atomic E-state index is 12.0. The zero-order valence-corrected chi connectivity index (χ0v) is 11.6. The van der Waals surface area contributed by atoms with Crippen LogP contribution < -0.4 is 0 Å². The van der Waals surface area contributed by atoms with Gasteiger partial charge in [-0.1, -0.05) is 6.07 Å². The summed E-state index contributed by atoms with van der Waals surface area (Å²) in [6, 6.07) is 10.5. The van der Waals surface area contributed by atoms with E-state index in [9.17, 15) is 9.90 Å². The first kappa shape index (κ1) is 13.3. The van der Waals surface area contributed by atoms with E-state index in [2.05, 4.69) is 0 Å². The second-order valence-electron chi connectivity index (χ2n) is 4.85. The zero-order chi connectivity index (χ0) is 14.8. The van der Waals surface area contributed by atoms with E-state index in [0.29, 0.717) is 6.54 Å². The lowest BCUT2D eigenvalue weighted by molar-refractivity contribution is -0.145. The molecule has 0 bridgehead atoms. The standard InChI is InChI=1S/C16H16N2O3/c1-21-16(20)14(17-8-2-3-9-17)11-18-10-7-12-13(18)5-4-6-15(12)19/h2-10,14,19H,11H2,1H3/t14-/m0/s1. The molecule has 2 heterocycles. The van der Waals surface area contributed by atoms with E-state index in [0.717, 1.165) is 10.9 Å². The summed E-state index contributed by atoms with van der Waals surface area (Å²) in [7, 11) is 1.39. The number of phenolic OH excluding ortho intramolecular Hbond substituents is 1. The molecule has 0 aliphatic carbocycles. The van der Waals surface area contributed by atoms with Crippen LogP contribution >= 0.6 is 0 Å². The lowest BCUT2D eigenvalue weighted by Gasteiger charge is -2.18. The number of hydrogen-bond acceptors (Lipinski definition) is 3. The van der Waals surface area contributed by atoms with Gasteiger partial charge in [0, 0.05) is 24.0 Å². The van der Waals surface area contributed by atoms with Crippen LogP contribution in [-0.4, -0.2) is 27.3 Å². The van der Waals surface area contributed by atoms with Crippen LogP contribution in [0.3, 0.4) is 0 Å². The first-order chi connectivity index (χ1) is 10.2. The summed E-state index contributed by atoms with van der Waals surface area (Å²) in [4.78, 5) is 12.0. The van der Waals surface area contributed by atoms with Gasteiger partial charge < -0.3 is 19.0 Å². The SMILES string of the molecule is COC(=O)[C@H](Cn1ccc2c(O)cccc21)n1cccc1. The predicted octanol–water partition coefficient (Wildman–Crippen LogP) is 2.56. The van der Waals surface area contributed by atoms with Crippen molar-refractivity contribution in [3.05, 3.63) is 55.0 Å². The third-order valence-corrected chi connectivity index (χ3v) is 3.62. The number of aromatic nitrogens is 2. The monoisotopic (exact) mass is 284 g/mol. The van der Waals surface area contributed by atoms with Crippen LogP contribution in [0.4, 0.5) is 0 Å². The lowest BCUT2D eigenvalue weighted by Crippen LogP contribution is -2.24. The molecule has 0 spiro atoms. The Hall–Kier alpha value is -2.69. The molecule has 0 fully saturated rings. The highest BCUT2D eigenvalue weighted by Gasteiger charge is 2.21. The molecule has 3 rings (SSSR count). The summed E-state index contributed by atoms with van der Waals surface area (Å²) in [5.41, 5.74) is 0.885. The van der Waals surface area contributed by atoms with E-state index in [1.54, 1.807) is 12.1 Å². The first-order valence-electron chi connectivity index (χ1n) is 6.68.